The van der Waals surface area contributed by atoms with E-state index in [0.717, 1.165) is 0 Å². The van der Waals surface area contributed by atoms with Crippen LogP contribution in [-0.2, 0) is 16.0 Å². The Balaban J connectivity index is 1.81. The molecular formula is C19H20FN3O4. The first-order valence-corrected chi connectivity index (χ1v) is 8.58. The van der Waals surface area contributed by atoms with Crippen LogP contribution in [0.15, 0.2) is 29.1 Å². The minimum atomic E-state index is -1.01. The van der Waals surface area contributed by atoms with Crippen LogP contribution in [0.3, 0.4) is 0 Å². The molecule has 2 N–H and O–H groups in total. The number of hydrogen-bond donors (Lipinski definition) is 2. The first-order valence-electron chi connectivity index (χ1n) is 8.58. The van der Waals surface area contributed by atoms with Crippen LogP contribution in [0.1, 0.15) is 28.6 Å². The van der Waals surface area contributed by atoms with Crippen molar-refractivity contribution in [3.8, 4) is 0 Å². The third-order valence-electron chi connectivity index (χ3n) is 4.96. The molecule has 27 heavy (non-hydrogen) atoms. The van der Waals surface area contributed by atoms with E-state index in [1.807, 2.05) is 0 Å². The molecule has 8 heteroatoms. The lowest BCUT2D eigenvalue weighted by atomic mass is 9.89. The number of carboxylic acids is 1. The van der Waals surface area contributed by atoms with Gasteiger partial charge in [0.25, 0.3) is 5.56 Å². The molecule has 1 saturated heterocycles. The van der Waals surface area contributed by atoms with E-state index in [1.165, 1.54) is 17.0 Å². The minimum Gasteiger partial charge on any atom is -0.481 e. The number of benzene rings is 1. The monoisotopic (exact) mass is 373 g/mol. The summed E-state index contributed by atoms with van der Waals surface area (Å²) in [6, 6.07) is 5.64. The van der Waals surface area contributed by atoms with Crippen molar-refractivity contribution in [3.05, 3.63) is 63.1 Å². The summed E-state index contributed by atoms with van der Waals surface area (Å²) in [4.78, 5) is 44.6. The largest absolute Gasteiger partial charge is 0.481 e. The number of rotatable bonds is 4. The van der Waals surface area contributed by atoms with Crippen molar-refractivity contribution in [2.75, 3.05) is 13.1 Å². The summed E-state index contributed by atoms with van der Waals surface area (Å²) in [5, 5.41) is 9.53. The summed E-state index contributed by atoms with van der Waals surface area (Å²) in [7, 11) is 0. The summed E-state index contributed by atoms with van der Waals surface area (Å²) < 4.78 is 13.2. The quantitative estimate of drug-likeness (QED) is 0.843. The molecule has 2 heterocycles. The van der Waals surface area contributed by atoms with Crippen molar-refractivity contribution >= 4 is 11.9 Å². The minimum absolute atomic E-state index is 0.0481. The maximum Gasteiger partial charge on any atom is 0.308 e. The Morgan fingerprint density at radius 1 is 1.26 bits per heavy atom. The Hall–Kier alpha value is -3.03. The molecule has 0 aliphatic carbocycles. The maximum absolute atomic E-state index is 13.2. The van der Waals surface area contributed by atoms with E-state index in [1.54, 1.807) is 26.0 Å². The normalized spacial score (nSPS) is 19.3. The number of H-pyrrole nitrogens is 1. The molecule has 1 aromatic heterocycles. The van der Waals surface area contributed by atoms with E-state index in [-0.39, 0.29) is 36.5 Å². The molecule has 0 spiro atoms. The van der Waals surface area contributed by atoms with Crippen molar-refractivity contribution in [1.29, 1.82) is 0 Å². The number of likely N-dealkylation sites (tertiary alicyclic amines) is 1. The van der Waals surface area contributed by atoms with E-state index in [2.05, 4.69) is 9.97 Å². The van der Waals surface area contributed by atoms with E-state index in [9.17, 15) is 23.9 Å². The molecule has 1 aliphatic heterocycles. The number of aromatic amines is 1. The van der Waals surface area contributed by atoms with Gasteiger partial charge < -0.3 is 15.0 Å². The predicted molar refractivity (Wildman–Crippen MR) is 94.9 cm³/mol. The summed E-state index contributed by atoms with van der Waals surface area (Å²) in [6.07, 6.45) is -0.142. The summed E-state index contributed by atoms with van der Waals surface area (Å²) >= 11 is 0. The van der Waals surface area contributed by atoms with Crippen molar-refractivity contribution in [3.63, 3.8) is 0 Å². The van der Waals surface area contributed by atoms with Gasteiger partial charge in [0.2, 0.25) is 5.91 Å². The number of nitrogens with one attached hydrogen (secondary N) is 1. The molecule has 2 atom stereocenters. The summed E-state index contributed by atoms with van der Waals surface area (Å²) in [5.74, 6) is -2.48. The Morgan fingerprint density at radius 2 is 1.93 bits per heavy atom. The molecule has 1 aliphatic rings. The standard InChI is InChI=1S/C19H20FN3O4/c1-10-14(18(25)22-11(2)21-10)7-17(24)23-8-15(16(9-23)19(26)27)12-3-5-13(20)6-4-12/h3-6,15-16H,7-9H2,1-2H3,(H,26,27)(H,21,22,25)/t15-,16+/m0/s1. The number of aryl methyl sites for hydroxylation is 2. The number of halogens is 1. The van der Waals surface area contributed by atoms with E-state index in [0.29, 0.717) is 17.1 Å². The average Bonchev–Trinajstić information content (AvgIpc) is 3.04. The van der Waals surface area contributed by atoms with Gasteiger partial charge in [0, 0.05) is 30.3 Å². The number of carbonyl (C=O) groups excluding carboxylic acids is 1. The number of aromatic nitrogens is 2. The van der Waals surface area contributed by atoms with Gasteiger partial charge in [0.15, 0.2) is 0 Å². The van der Waals surface area contributed by atoms with Gasteiger partial charge in [0.05, 0.1) is 12.3 Å². The van der Waals surface area contributed by atoms with Crippen molar-refractivity contribution < 1.29 is 19.1 Å². The fourth-order valence-electron chi connectivity index (χ4n) is 3.53. The van der Waals surface area contributed by atoms with Crippen LogP contribution in [0, 0.1) is 25.6 Å². The molecule has 1 fully saturated rings. The molecule has 142 valence electrons. The fraction of sp³-hybridized carbons (Fsp3) is 0.368. The SMILES string of the molecule is Cc1nc(C)c(CC(=O)N2C[C@@H](C(=O)O)[C@H](c3ccc(F)cc3)C2)c(=O)[nH]1. The zero-order valence-corrected chi connectivity index (χ0v) is 15.0. The van der Waals surface area contributed by atoms with Crippen LogP contribution in [0.25, 0.3) is 0 Å². The van der Waals surface area contributed by atoms with Gasteiger partial charge in [-0.05, 0) is 31.5 Å². The van der Waals surface area contributed by atoms with Crippen molar-refractivity contribution in [1.82, 2.24) is 14.9 Å². The Bertz CT molecular complexity index is 939. The van der Waals surface area contributed by atoms with Gasteiger partial charge in [-0.3, -0.25) is 14.4 Å². The molecule has 2 aromatic rings. The van der Waals surface area contributed by atoms with Gasteiger partial charge in [-0.25, -0.2) is 9.37 Å². The summed E-state index contributed by atoms with van der Waals surface area (Å²) in [6.45, 7) is 3.57. The van der Waals surface area contributed by atoms with Crippen molar-refractivity contribution in [2.45, 2.75) is 26.2 Å². The average molecular weight is 373 g/mol. The van der Waals surface area contributed by atoms with E-state index >= 15 is 0 Å². The van der Waals surface area contributed by atoms with Gasteiger partial charge >= 0.3 is 5.97 Å². The number of nitrogens with zero attached hydrogens (tertiary/aromatic N) is 2. The Kier molecular flexibility index (Phi) is 5.07. The van der Waals surface area contributed by atoms with Crippen LogP contribution in [0.2, 0.25) is 0 Å². The van der Waals surface area contributed by atoms with Crippen LogP contribution in [0.4, 0.5) is 4.39 Å². The van der Waals surface area contributed by atoms with Crippen molar-refractivity contribution in [2.24, 2.45) is 5.92 Å². The first kappa shape index (κ1) is 18.8. The highest BCUT2D eigenvalue weighted by molar-refractivity contribution is 5.81. The number of hydrogen-bond acceptors (Lipinski definition) is 4. The van der Waals surface area contributed by atoms with Gasteiger partial charge in [-0.1, -0.05) is 12.1 Å². The lowest BCUT2D eigenvalue weighted by Crippen LogP contribution is -2.33. The number of carboxylic acid groups (broad SMARTS) is 1. The van der Waals surface area contributed by atoms with E-state index < -0.39 is 23.6 Å². The first-order chi connectivity index (χ1) is 12.8. The summed E-state index contributed by atoms with van der Waals surface area (Å²) in [5.41, 5.74) is 1.07. The second kappa shape index (κ2) is 7.30. The predicted octanol–water partition coefficient (Wildman–Crippen LogP) is 1.40. The molecular weight excluding hydrogens is 353 g/mol. The molecule has 0 bridgehead atoms. The molecule has 0 radical (unpaired) electrons. The Morgan fingerprint density at radius 3 is 2.52 bits per heavy atom. The smallest absolute Gasteiger partial charge is 0.308 e. The van der Waals surface area contributed by atoms with Crippen LogP contribution < -0.4 is 5.56 Å². The molecule has 0 saturated carbocycles. The lowest BCUT2D eigenvalue weighted by molar-refractivity contribution is -0.141. The highest BCUT2D eigenvalue weighted by Gasteiger charge is 2.40. The highest BCUT2D eigenvalue weighted by atomic mass is 19.1. The Labute approximate surface area is 154 Å². The molecule has 0 unspecified atom stereocenters. The molecule has 1 aromatic carbocycles. The lowest BCUT2D eigenvalue weighted by Gasteiger charge is -2.17. The third-order valence-corrected chi connectivity index (χ3v) is 4.96. The highest BCUT2D eigenvalue weighted by Crippen LogP contribution is 2.33. The zero-order valence-electron chi connectivity index (χ0n) is 15.0. The van der Waals surface area contributed by atoms with Crippen LogP contribution >= 0.6 is 0 Å². The van der Waals surface area contributed by atoms with Crippen LogP contribution in [0.5, 0.6) is 0 Å². The maximum atomic E-state index is 13.2. The third kappa shape index (κ3) is 3.89. The second-order valence-electron chi connectivity index (χ2n) is 6.79. The van der Waals surface area contributed by atoms with Crippen LogP contribution in [-0.4, -0.2) is 44.9 Å². The number of amides is 1. The number of aliphatic carboxylic acids is 1. The molecule has 1 amide bonds. The second-order valence-corrected chi connectivity index (χ2v) is 6.79. The zero-order chi connectivity index (χ0) is 19.7. The van der Waals surface area contributed by atoms with E-state index in [4.69, 9.17) is 0 Å². The topological polar surface area (TPSA) is 103 Å². The van der Waals surface area contributed by atoms with Gasteiger partial charge in [-0.2, -0.15) is 0 Å². The fourth-order valence-corrected chi connectivity index (χ4v) is 3.53. The molecule has 7 nitrogen and oxygen atoms in total. The molecule has 3 rings (SSSR count). The number of carbonyl (C=O) groups is 2. The van der Waals surface area contributed by atoms with Gasteiger partial charge in [0.1, 0.15) is 11.6 Å². The van der Waals surface area contributed by atoms with Gasteiger partial charge in [-0.15, -0.1) is 0 Å².